The van der Waals surface area contributed by atoms with E-state index in [0.717, 1.165) is 29.3 Å². The number of aromatic amines is 1. The van der Waals surface area contributed by atoms with Gasteiger partial charge in [-0.15, -0.1) is 0 Å². The molecule has 1 unspecified atom stereocenters. The standard InChI is InChI=1S/C19H18N4O2/c1-12-13-5-2-3-6-15(13)21-11-14(12)19(25)23-10-4-7-16(23)18-20-9-8-17(24)22-18/h2-3,5-6,8-9,11,16H,4,7,10H2,1H3,(H,20,22,24). The summed E-state index contributed by atoms with van der Waals surface area (Å²) in [6, 6.07) is 8.97. The molecule has 0 spiro atoms. The van der Waals surface area contributed by atoms with E-state index in [4.69, 9.17) is 0 Å². The van der Waals surface area contributed by atoms with E-state index >= 15 is 0 Å². The Balaban J connectivity index is 1.73. The second-order valence-corrected chi connectivity index (χ2v) is 6.29. The van der Waals surface area contributed by atoms with Gasteiger partial charge in [-0.3, -0.25) is 14.6 Å². The van der Waals surface area contributed by atoms with Crippen LogP contribution in [0.2, 0.25) is 0 Å². The number of para-hydroxylation sites is 1. The molecule has 4 rings (SSSR count). The molecule has 1 aliphatic heterocycles. The van der Waals surface area contributed by atoms with E-state index in [0.29, 0.717) is 17.9 Å². The van der Waals surface area contributed by atoms with Gasteiger partial charge in [0, 0.05) is 30.4 Å². The number of amides is 1. The topological polar surface area (TPSA) is 79.0 Å². The fourth-order valence-corrected chi connectivity index (χ4v) is 3.50. The largest absolute Gasteiger partial charge is 0.328 e. The lowest BCUT2D eigenvalue weighted by atomic mass is 10.0. The number of fused-ring (bicyclic) bond motifs is 1. The molecule has 6 nitrogen and oxygen atoms in total. The van der Waals surface area contributed by atoms with E-state index < -0.39 is 0 Å². The van der Waals surface area contributed by atoms with Gasteiger partial charge in [-0.1, -0.05) is 18.2 Å². The molecule has 25 heavy (non-hydrogen) atoms. The van der Waals surface area contributed by atoms with Crippen LogP contribution in [-0.2, 0) is 0 Å². The van der Waals surface area contributed by atoms with Gasteiger partial charge in [0.05, 0.1) is 17.1 Å². The summed E-state index contributed by atoms with van der Waals surface area (Å²) >= 11 is 0. The van der Waals surface area contributed by atoms with Gasteiger partial charge in [0.15, 0.2) is 0 Å². The highest BCUT2D eigenvalue weighted by Gasteiger charge is 2.33. The minimum Gasteiger partial charge on any atom is -0.328 e. The van der Waals surface area contributed by atoms with Crippen molar-refractivity contribution >= 4 is 16.8 Å². The molecule has 1 aliphatic rings. The zero-order valence-corrected chi connectivity index (χ0v) is 13.9. The molecule has 2 aromatic heterocycles. The molecular formula is C19H18N4O2. The fraction of sp³-hybridized carbons (Fsp3) is 0.263. The average molecular weight is 334 g/mol. The van der Waals surface area contributed by atoms with Gasteiger partial charge in [-0.05, 0) is 31.4 Å². The van der Waals surface area contributed by atoms with Gasteiger partial charge in [-0.2, -0.15) is 0 Å². The normalized spacial score (nSPS) is 17.2. The van der Waals surface area contributed by atoms with Crippen LogP contribution in [0.25, 0.3) is 10.9 Å². The first-order chi connectivity index (χ1) is 12.1. The first-order valence-corrected chi connectivity index (χ1v) is 8.35. The van der Waals surface area contributed by atoms with Crippen LogP contribution in [0.1, 0.15) is 40.6 Å². The Morgan fingerprint density at radius 3 is 2.92 bits per heavy atom. The summed E-state index contributed by atoms with van der Waals surface area (Å²) in [6.45, 7) is 2.60. The van der Waals surface area contributed by atoms with Crippen LogP contribution in [0.5, 0.6) is 0 Å². The summed E-state index contributed by atoms with van der Waals surface area (Å²) in [6.07, 6.45) is 4.81. The predicted octanol–water partition coefficient (Wildman–Crippen LogP) is 2.60. The maximum Gasteiger partial charge on any atom is 0.256 e. The Kier molecular flexibility index (Phi) is 3.80. The zero-order chi connectivity index (χ0) is 17.4. The quantitative estimate of drug-likeness (QED) is 0.781. The summed E-state index contributed by atoms with van der Waals surface area (Å²) in [5.74, 6) is 0.481. The van der Waals surface area contributed by atoms with Crippen LogP contribution in [0.15, 0.2) is 47.5 Å². The highest BCUT2D eigenvalue weighted by molar-refractivity contribution is 6.00. The number of hydrogen-bond acceptors (Lipinski definition) is 4. The maximum atomic E-state index is 13.1. The van der Waals surface area contributed by atoms with E-state index in [-0.39, 0.29) is 17.5 Å². The molecule has 126 valence electrons. The van der Waals surface area contributed by atoms with Crippen molar-refractivity contribution in [3.63, 3.8) is 0 Å². The third kappa shape index (κ3) is 2.69. The number of nitrogens with zero attached hydrogens (tertiary/aromatic N) is 3. The Hall–Kier alpha value is -3.02. The highest BCUT2D eigenvalue weighted by atomic mass is 16.2. The number of hydrogen-bond donors (Lipinski definition) is 1. The molecule has 1 N–H and O–H groups in total. The molecule has 3 aromatic rings. The van der Waals surface area contributed by atoms with E-state index in [1.807, 2.05) is 31.2 Å². The van der Waals surface area contributed by atoms with Crippen LogP contribution in [0, 0.1) is 6.92 Å². The second-order valence-electron chi connectivity index (χ2n) is 6.29. The SMILES string of the molecule is Cc1c(C(=O)N2CCCC2c2nccc(=O)[nH]2)cnc2ccccc12. The first kappa shape index (κ1) is 15.5. The van der Waals surface area contributed by atoms with Crippen molar-refractivity contribution in [2.45, 2.75) is 25.8 Å². The molecule has 1 saturated heterocycles. The molecule has 1 aromatic carbocycles. The number of pyridine rings is 1. The summed E-state index contributed by atoms with van der Waals surface area (Å²) < 4.78 is 0. The molecular weight excluding hydrogens is 316 g/mol. The molecule has 6 heteroatoms. The Labute approximate surface area is 144 Å². The number of aromatic nitrogens is 3. The molecule has 3 heterocycles. The zero-order valence-electron chi connectivity index (χ0n) is 13.9. The molecule has 0 radical (unpaired) electrons. The second kappa shape index (κ2) is 6.12. The Morgan fingerprint density at radius 2 is 2.08 bits per heavy atom. The lowest BCUT2D eigenvalue weighted by Crippen LogP contribution is -2.32. The number of H-pyrrole nitrogens is 1. The summed E-state index contributed by atoms with van der Waals surface area (Å²) in [4.78, 5) is 38.0. The van der Waals surface area contributed by atoms with Gasteiger partial charge < -0.3 is 9.88 Å². The third-order valence-electron chi connectivity index (χ3n) is 4.80. The van der Waals surface area contributed by atoms with Crippen molar-refractivity contribution in [1.82, 2.24) is 19.9 Å². The van der Waals surface area contributed by atoms with E-state index in [9.17, 15) is 9.59 Å². The van der Waals surface area contributed by atoms with Gasteiger partial charge >= 0.3 is 0 Å². The number of nitrogens with one attached hydrogen (secondary N) is 1. The van der Waals surface area contributed by atoms with Crippen molar-refractivity contribution < 1.29 is 4.79 Å². The van der Waals surface area contributed by atoms with Gasteiger partial charge in [0.2, 0.25) is 0 Å². The molecule has 1 amide bonds. The maximum absolute atomic E-state index is 13.1. The first-order valence-electron chi connectivity index (χ1n) is 8.35. The molecule has 1 atom stereocenters. The number of carbonyl (C=O) groups excluding carboxylic acids is 1. The van der Waals surface area contributed by atoms with Crippen molar-refractivity contribution in [3.05, 3.63) is 70.0 Å². The Morgan fingerprint density at radius 1 is 1.24 bits per heavy atom. The van der Waals surface area contributed by atoms with Crippen molar-refractivity contribution in [2.24, 2.45) is 0 Å². The summed E-state index contributed by atoms with van der Waals surface area (Å²) in [5, 5.41) is 0.982. The van der Waals surface area contributed by atoms with Crippen LogP contribution in [-0.4, -0.2) is 32.3 Å². The Bertz CT molecular complexity index is 1010. The number of likely N-dealkylation sites (tertiary alicyclic amines) is 1. The number of rotatable bonds is 2. The van der Waals surface area contributed by atoms with E-state index in [2.05, 4.69) is 15.0 Å². The monoisotopic (exact) mass is 334 g/mol. The highest BCUT2D eigenvalue weighted by Crippen LogP contribution is 2.32. The average Bonchev–Trinajstić information content (AvgIpc) is 3.11. The van der Waals surface area contributed by atoms with Gasteiger partial charge in [0.1, 0.15) is 5.82 Å². The minimum atomic E-state index is -0.202. The lowest BCUT2D eigenvalue weighted by molar-refractivity contribution is 0.0728. The summed E-state index contributed by atoms with van der Waals surface area (Å²) in [7, 11) is 0. The molecule has 0 aliphatic carbocycles. The molecule has 0 bridgehead atoms. The third-order valence-corrected chi connectivity index (χ3v) is 4.80. The van der Waals surface area contributed by atoms with Gasteiger partial charge in [0.25, 0.3) is 11.5 Å². The number of aryl methyl sites for hydroxylation is 1. The predicted molar refractivity (Wildman–Crippen MR) is 94.3 cm³/mol. The van der Waals surface area contributed by atoms with Crippen LogP contribution < -0.4 is 5.56 Å². The fourth-order valence-electron chi connectivity index (χ4n) is 3.50. The molecule has 1 fully saturated rings. The number of benzene rings is 1. The van der Waals surface area contributed by atoms with Crippen molar-refractivity contribution in [1.29, 1.82) is 0 Å². The van der Waals surface area contributed by atoms with Gasteiger partial charge in [-0.25, -0.2) is 4.98 Å². The van der Waals surface area contributed by atoms with E-state index in [1.165, 1.54) is 12.3 Å². The summed E-state index contributed by atoms with van der Waals surface area (Å²) in [5.41, 5.74) is 2.20. The number of carbonyl (C=O) groups is 1. The smallest absolute Gasteiger partial charge is 0.256 e. The lowest BCUT2D eigenvalue weighted by Gasteiger charge is -2.24. The van der Waals surface area contributed by atoms with Crippen molar-refractivity contribution in [2.75, 3.05) is 6.54 Å². The van der Waals surface area contributed by atoms with Crippen LogP contribution >= 0.6 is 0 Å². The van der Waals surface area contributed by atoms with Crippen molar-refractivity contribution in [3.8, 4) is 0 Å². The minimum absolute atomic E-state index is 0.0650. The van der Waals surface area contributed by atoms with E-state index in [1.54, 1.807) is 11.1 Å². The van der Waals surface area contributed by atoms with Crippen LogP contribution in [0.3, 0.4) is 0 Å². The molecule has 0 saturated carbocycles. The van der Waals surface area contributed by atoms with Crippen LogP contribution in [0.4, 0.5) is 0 Å².